The lowest BCUT2D eigenvalue weighted by Crippen LogP contribution is -1.83. The molecule has 3 aromatic heterocycles. The number of aromatic nitrogens is 4. The highest BCUT2D eigenvalue weighted by atomic mass is 15.2. The van der Waals surface area contributed by atoms with Crippen LogP contribution in [0.25, 0.3) is 16.8 Å². The van der Waals surface area contributed by atoms with Crippen molar-refractivity contribution in [2.75, 3.05) is 0 Å². The summed E-state index contributed by atoms with van der Waals surface area (Å²) in [7, 11) is 0. The number of nitrogens with zero attached hydrogens (tertiary/aromatic N) is 3. The Balaban J connectivity index is 2.33. The smallest absolute Gasteiger partial charge is 0.0924 e. The molecule has 1 N–H and O–H groups in total. The zero-order valence-electron chi connectivity index (χ0n) is 7.38. The minimum atomic E-state index is 0.992. The third-order valence-electron chi connectivity index (χ3n) is 2.21. The van der Waals surface area contributed by atoms with E-state index in [-0.39, 0.29) is 0 Å². The number of pyridine rings is 1. The Bertz CT molecular complexity index is 550. The lowest BCUT2D eigenvalue weighted by molar-refractivity contribution is 0.961. The minimum absolute atomic E-state index is 0.992. The van der Waals surface area contributed by atoms with Crippen molar-refractivity contribution in [3.63, 3.8) is 0 Å². The zero-order valence-corrected chi connectivity index (χ0v) is 7.38. The van der Waals surface area contributed by atoms with E-state index in [1.165, 1.54) is 0 Å². The van der Waals surface area contributed by atoms with E-state index in [0.717, 1.165) is 16.8 Å². The number of hydrogen-bond acceptors (Lipinski definition) is 2. The van der Waals surface area contributed by atoms with E-state index in [0.29, 0.717) is 0 Å². The van der Waals surface area contributed by atoms with Gasteiger partial charge in [-0.2, -0.15) is 5.10 Å². The molecule has 0 bridgehead atoms. The van der Waals surface area contributed by atoms with Crippen LogP contribution in [0, 0.1) is 0 Å². The van der Waals surface area contributed by atoms with Crippen molar-refractivity contribution < 1.29 is 0 Å². The van der Waals surface area contributed by atoms with Crippen LogP contribution in [0.4, 0.5) is 0 Å². The second-order valence-electron chi connectivity index (χ2n) is 3.05. The largest absolute Gasteiger partial charge is 0.345 e. The lowest BCUT2D eigenvalue weighted by Gasteiger charge is -1.93. The molecule has 68 valence electrons. The maximum Gasteiger partial charge on any atom is 0.0924 e. The molecule has 0 unspecified atom stereocenters. The molecule has 3 heterocycles. The number of fused-ring (bicyclic) bond motifs is 1. The molecule has 0 aromatic carbocycles. The number of hydrogen-bond donors (Lipinski definition) is 1. The van der Waals surface area contributed by atoms with Gasteiger partial charge >= 0.3 is 0 Å². The summed E-state index contributed by atoms with van der Waals surface area (Å²) in [6.45, 7) is 0. The molecule has 4 heteroatoms. The third kappa shape index (κ3) is 0.939. The first-order chi connectivity index (χ1) is 6.95. The quantitative estimate of drug-likeness (QED) is 0.626. The molecule has 0 spiro atoms. The van der Waals surface area contributed by atoms with Gasteiger partial charge in [-0.15, -0.1) is 0 Å². The summed E-state index contributed by atoms with van der Waals surface area (Å²) in [5.41, 5.74) is 3.14. The van der Waals surface area contributed by atoms with Crippen molar-refractivity contribution in [3.8, 4) is 11.3 Å². The molecule has 0 aliphatic rings. The van der Waals surface area contributed by atoms with Gasteiger partial charge in [0, 0.05) is 11.8 Å². The Hall–Kier alpha value is -2.10. The first-order valence-electron chi connectivity index (χ1n) is 4.36. The molecule has 0 amide bonds. The maximum absolute atomic E-state index is 4.24. The molecule has 0 atom stereocenters. The fraction of sp³-hybridized carbons (Fsp3) is 0. The molecule has 0 radical (unpaired) electrons. The highest BCUT2D eigenvalue weighted by Crippen LogP contribution is 2.21. The lowest BCUT2D eigenvalue weighted by atomic mass is 10.2. The monoisotopic (exact) mass is 184 g/mol. The summed E-state index contributed by atoms with van der Waals surface area (Å²) >= 11 is 0. The first-order valence-corrected chi connectivity index (χ1v) is 4.36. The van der Waals surface area contributed by atoms with Gasteiger partial charge in [-0.3, -0.25) is 0 Å². The van der Waals surface area contributed by atoms with E-state index in [1.54, 1.807) is 12.5 Å². The van der Waals surface area contributed by atoms with Crippen LogP contribution >= 0.6 is 0 Å². The van der Waals surface area contributed by atoms with E-state index >= 15 is 0 Å². The summed E-state index contributed by atoms with van der Waals surface area (Å²) in [6, 6.07) is 5.98. The Morgan fingerprint density at radius 2 is 2.21 bits per heavy atom. The van der Waals surface area contributed by atoms with Gasteiger partial charge in [0.05, 0.1) is 29.9 Å². The zero-order chi connectivity index (χ0) is 9.38. The molecule has 3 aromatic rings. The van der Waals surface area contributed by atoms with Crippen molar-refractivity contribution in [1.29, 1.82) is 0 Å². The van der Waals surface area contributed by atoms with Crippen LogP contribution in [-0.4, -0.2) is 19.6 Å². The molecular formula is C10H8N4. The summed E-state index contributed by atoms with van der Waals surface area (Å²) in [4.78, 5) is 7.06. The molecule has 0 saturated carbocycles. The van der Waals surface area contributed by atoms with Gasteiger partial charge in [0.1, 0.15) is 0 Å². The Morgan fingerprint density at radius 3 is 3.07 bits per heavy atom. The highest BCUT2D eigenvalue weighted by molar-refractivity contribution is 5.76. The van der Waals surface area contributed by atoms with Gasteiger partial charge in [-0.25, -0.2) is 9.50 Å². The minimum Gasteiger partial charge on any atom is -0.345 e. The molecule has 0 aliphatic carbocycles. The predicted molar refractivity (Wildman–Crippen MR) is 52.8 cm³/mol. The summed E-state index contributed by atoms with van der Waals surface area (Å²) < 4.78 is 1.84. The van der Waals surface area contributed by atoms with Crippen LogP contribution in [0.5, 0.6) is 0 Å². The Morgan fingerprint density at radius 1 is 1.21 bits per heavy atom. The van der Waals surface area contributed by atoms with E-state index in [9.17, 15) is 0 Å². The van der Waals surface area contributed by atoms with Crippen molar-refractivity contribution >= 4 is 5.52 Å². The molecule has 14 heavy (non-hydrogen) atoms. The van der Waals surface area contributed by atoms with Gasteiger partial charge in [0.25, 0.3) is 0 Å². The van der Waals surface area contributed by atoms with Crippen LogP contribution in [0.1, 0.15) is 0 Å². The second-order valence-corrected chi connectivity index (χ2v) is 3.05. The third-order valence-corrected chi connectivity index (χ3v) is 2.21. The molecule has 0 aliphatic heterocycles. The Labute approximate surface area is 80.2 Å². The van der Waals surface area contributed by atoms with Gasteiger partial charge in [0.2, 0.25) is 0 Å². The average Bonchev–Trinajstić information content (AvgIpc) is 2.85. The Kier molecular flexibility index (Phi) is 1.41. The average molecular weight is 184 g/mol. The van der Waals surface area contributed by atoms with Crippen molar-refractivity contribution in [2.45, 2.75) is 0 Å². The van der Waals surface area contributed by atoms with Gasteiger partial charge in [-0.1, -0.05) is 6.07 Å². The first kappa shape index (κ1) is 7.32. The second kappa shape index (κ2) is 2.70. The molecule has 0 saturated heterocycles. The normalized spacial score (nSPS) is 10.9. The van der Waals surface area contributed by atoms with Crippen molar-refractivity contribution in [1.82, 2.24) is 19.6 Å². The summed E-state index contributed by atoms with van der Waals surface area (Å²) in [5, 5.41) is 4.24. The van der Waals surface area contributed by atoms with Crippen LogP contribution in [0.15, 0.2) is 43.1 Å². The van der Waals surface area contributed by atoms with Crippen molar-refractivity contribution in [2.24, 2.45) is 0 Å². The van der Waals surface area contributed by atoms with E-state index in [4.69, 9.17) is 0 Å². The fourth-order valence-electron chi connectivity index (χ4n) is 1.55. The summed E-state index contributed by atoms with van der Waals surface area (Å²) in [6.07, 6.45) is 7.23. The van der Waals surface area contributed by atoms with Crippen molar-refractivity contribution in [3.05, 3.63) is 43.1 Å². The van der Waals surface area contributed by atoms with E-state index in [2.05, 4.69) is 15.1 Å². The number of rotatable bonds is 1. The fourth-order valence-corrected chi connectivity index (χ4v) is 1.55. The van der Waals surface area contributed by atoms with Crippen LogP contribution in [0.3, 0.4) is 0 Å². The number of H-pyrrole nitrogens is 1. The molecular weight excluding hydrogens is 176 g/mol. The number of imidazole rings is 1. The standard InChI is InChI=1S/C10H8N4/c1-2-4-14-10(3-1)8(5-13-14)9-6-11-7-12-9/h1-7H,(H,11,12). The van der Waals surface area contributed by atoms with Gasteiger partial charge in [0.15, 0.2) is 0 Å². The maximum atomic E-state index is 4.24. The summed E-state index contributed by atoms with van der Waals surface area (Å²) in [5.74, 6) is 0. The molecule has 0 fully saturated rings. The van der Waals surface area contributed by atoms with Gasteiger partial charge < -0.3 is 4.98 Å². The number of aromatic amines is 1. The van der Waals surface area contributed by atoms with Crippen LogP contribution in [-0.2, 0) is 0 Å². The molecule has 3 rings (SSSR count). The van der Waals surface area contributed by atoms with Gasteiger partial charge in [-0.05, 0) is 12.1 Å². The molecule has 4 nitrogen and oxygen atoms in total. The van der Waals surface area contributed by atoms with Crippen LogP contribution in [0.2, 0.25) is 0 Å². The highest BCUT2D eigenvalue weighted by Gasteiger charge is 2.05. The number of nitrogens with one attached hydrogen (secondary N) is 1. The topological polar surface area (TPSA) is 46.0 Å². The van der Waals surface area contributed by atoms with E-state index in [1.807, 2.05) is 35.1 Å². The SMILES string of the molecule is c1ccn2ncc(-c3cnc[nH]3)c2c1. The predicted octanol–water partition coefficient (Wildman–Crippen LogP) is 1.72. The van der Waals surface area contributed by atoms with Crippen LogP contribution < -0.4 is 0 Å². The van der Waals surface area contributed by atoms with E-state index < -0.39 is 0 Å².